The highest BCUT2D eigenvalue weighted by Crippen LogP contribution is 2.53. The highest BCUT2D eigenvalue weighted by Gasteiger charge is 2.52. The summed E-state index contributed by atoms with van der Waals surface area (Å²) in [4.78, 5) is 15.9. The van der Waals surface area contributed by atoms with Gasteiger partial charge in [-0.3, -0.25) is 0 Å². The molecule has 5 nitrogen and oxygen atoms in total. The Morgan fingerprint density at radius 2 is 1.60 bits per heavy atom. The summed E-state index contributed by atoms with van der Waals surface area (Å²) >= 11 is 0. The fraction of sp³-hybridized carbons (Fsp3) is 0.216. The van der Waals surface area contributed by atoms with Gasteiger partial charge in [0.25, 0.3) is 0 Å². The fourth-order valence-electron chi connectivity index (χ4n) is 6.50. The van der Waals surface area contributed by atoms with E-state index in [4.69, 9.17) is 9.47 Å². The van der Waals surface area contributed by atoms with Crippen LogP contribution in [0.1, 0.15) is 57.7 Å². The molecule has 1 unspecified atom stereocenters. The van der Waals surface area contributed by atoms with Crippen LogP contribution in [0.25, 0.3) is 17.0 Å². The summed E-state index contributed by atoms with van der Waals surface area (Å²) < 4.78 is 15.5. The summed E-state index contributed by atoms with van der Waals surface area (Å²) in [5, 5.41) is 1.04. The van der Waals surface area contributed by atoms with Crippen LogP contribution in [0, 0.1) is 6.92 Å². The minimum atomic E-state index is -1.20. The van der Waals surface area contributed by atoms with Gasteiger partial charge in [-0.05, 0) is 44.5 Å². The van der Waals surface area contributed by atoms with Crippen LogP contribution in [0.4, 0.5) is 5.69 Å². The molecule has 0 radical (unpaired) electrons. The Morgan fingerprint density at radius 1 is 0.905 bits per heavy atom. The van der Waals surface area contributed by atoms with E-state index in [1.54, 1.807) is 0 Å². The Hall–Kier alpha value is -4.77. The topological polar surface area (TPSA) is 43.7 Å². The molecule has 0 amide bonds. The van der Waals surface area contributed by atoms with E-state index in [0.29, 0.717) is 12.2 Å². The monoisotopic (exact) mass is 556 g/mol. The van der Waals surface area contributed by atoms with Gasteiger partial charge in [0.05, 0.1) is 11.3 Å². The van der Waals surface area contributed by atoms with Crippen LogP contribution in [0.3, 0.4) is 0 Å². The number of cyclic esters (lactones) is 1. The van der Waals surface area contributed by atoms with Gasteiger partial charge in [0.2, 0.25) is 0 Å². The van der Waals surface area contributed by atoms with Crippen molar-refractivity contribution in [2.45, 2.75) is 33.0 Å². The molecule has 0 saturated heterocycles. The largest absolute Gasteiger partial charge is 0.486 e. The van der Waals surface area contributed by atoms with Crippen molar-refractivity contribution >= 4 is 28.6 Å². The number of esters is 1. The van der Waals surface area contributed by atoms with Crippen LogP contribution < -0.4 is 9.64 Å². The number of nitrogens with zero attached hydrogens (tertiary/aromatic N) is 2. The average molecular weight is 557 g/mol. The minimum Gasteiger partial charge on any atom is -0.486 e. The van der Waals surface area contributed by atoms with Gasteiger partial charge < -0.3 is 18.9 Å². The van der Waals surface area contributed by atoms with E-state index < -0.39 is 5.60 Å². The molecule has 0 bridgehead atoms. The third kappa shape index (κ3) is 4.11. The standard InChI is InChI=1S/C37H36N2O3/c1-6-27-31(22-23-33(39(7-2)8-3)35(27)41-24-26-16-10-9-11-17-26)37(30-20-14-12-18-28(30)36(40)42-37)34-25(4)38(5)32-21-15-13-19-29(32)34/h6,9-23H,1,7-8,24H2,2-5H3. The van der Waals surface area contributed by atoms with E-state index >= 15 is 0 Å². The second-order valence-corrected chi connectivity index (χ2v) is 10.7. The maximum absolute atomic E-state index is 13.7. The lowest BCUT2D eigenvalue weighted by atomic mass is 9.76. The molecule has 0 N–H and O–H groups in total. The molecule has 1 aliphatic heterocycles. The molecular weight excluding hydrogens is 520 g/mol. The van der Waals surface area contributed by atoms with Crippen molar-refractivity contribution < 1.29 is 14.3 Å². The van der Waals surface area contributed by atoms with Gasteiger partial charge in [-0.25, -0.2) is 4.79 Å². The zero-order valence-corrected chi connectivity index (χ0v) is 24.7. The molecule has 0 spiro atoms. The molecule has 0 aliphatic carbocycles. The second kappa shape index (κ2) is 10.9. The number of aromatic nitrogens is 1. The third-order valence-electron chi connectivity index (χ3n) is 8.61. The number of carbonyl (C=O) groups is 1. The molecule has 5 aromatic rings. The SMILES string of the molecule is C=Cc1c(C2(c3c(C)n(C)c4ccccc34)OC(=O)c3ccccc32)ccc(N(CC)CC)c1OCc1ccccc1. The first-order valence-corrected chi connectivity index (χ1v) is 14.5. The number of para-hydroxylation sites is 1. The number of fused-ring (bicyclic) bond motifs is 2. The molecule has 2 heterocycles. The van der Waals surface area contributed by atoms with Crippen molar-refractivity contribution in [3.05, 3.63) is 137 Å². The van der Waals surface area contributed by atoms with Gasteiger partial charge in [0.1, 0.15) is 6.61 Å². The van der Waals surface area contributed by atoms with Crippen LogP contribution >= 0.6 is 0 Å². The molecule has 4 aromatic carbocycles. The van der Waals surface area contributed by atoms with Crippen molar-refractivity contribution in [1.82, 2.24) is 4.57 Å². The first-order valence-electron chi connectivity index (χ1n) is 14.5. The van der Waals surface area contributed by atoms with E-state index in [1.807, 2.05) is 60.7 Å². The lowest BCUT2D eigenvalue weighted by molar-refractivity contribution is 0.0252. The number of carbonyl (C=O) groups excluding carboxylic acids is 1. The lowest BCUT2D eigenvalue weighted by Crippen LogP contribution is -2.32. The summed E-state index contributed by atoms with van der Waals surface area (Å²) in [6.07, 6.45) is 1.85. The minimum absolute atomic E-state index is 0.340. The number of ether oxygens (including phenoxy) is 2. The zero-order valence-electron chi connectivity index (χ0n) is 24.7. The van der Waals surface area contributed by atoms with Gasteiger partial charge in [-0.2, -0.15) is 0 Å². The number of hydrogen-bond acceptors (Lipinski definition) is 4. The smallest absolute Gasteiger partial charge is 0.340 e. The maximum Gasteiger partial charge on any atom is 0.340 e. The normalized spacial score (nSPS) is 15.9. The molecule has 1 atom stereocenters. The summed E-state index contributed by atoms with van der Waals surface area (Å²) in [7, 11) is 2.06. The molecule has 0 saturated carbocycles. The molecule has 0 fully saturated rings. The highest BCUT2D eigenvalue weighted by molar-refractivity contribution is 5.99. The Morgan fingerprint density at radius 3 is 2.33 bits per heavy atom. The van der Waals surface area contributed by atoms with E-state index in [9.17, 15) is 4.79 Å². The summed E-state index contributed by atoms with van der Waals surface area (Å²) in [5.74, 6) is 0.389. The van der Waals surface area contributed by atoms with Crippen molar-refractivity contribution in [3.8, 4) is 5.75 Å². The summed E-state index contributed by atoms with van der Waals surface area (Å²) in [6, 6.07) is 30.4. The number of benzene rings is 4. The first-order chi connectivity index (χ1) is 20.5. The predicted octanol–water partition coefficient (Wildman–Crippen LogP) is 8.02. The molecule has 1 aliphatic rings. The third-order valence-corrected chi connectivity index (χ3v) is 8.61. The number of hydrogen-bond donors (Lipinski definition) is 0. The van der Waals surface area contributed by atoms with Crippen LogP contribution in [0.5, 0.6) is 5.75 Å². The van der Waals surface area contributed by atoms with Gasteiger partial charge in [0.15, 0.2) is 11.4 Å². The van der Waals surface area contributed by atoms with E-state index in [-0.39, 0.29) is 5.97 Å². The van der Waals surface area contributed by atoms with Crippen molar-refractivity contribution in [1.29, 1.82) is 0 Å². The average Bonchev–Trinajstić information content (AvgIpc) is 3.47. The van der Waals surface area contributed by atoms with Crippen LogP contribution in [-0.4, -0.2) is 23.6 Å². The van der Waals surface area contributed by atoms with Crippen molar-refractivity contribution in [2.75, 3.05) is 18.0 Å². The summed E-state index contributed by atoms with van der Waals surface area (Å²) in [6.45, 7) is 12.7. The molecule has 6 rings (SSSR count). The van der Waals surface area contributed by atoms with Crippen LogP contribution in [0.15, 0.2) is 97.6 Å². The summed E-state index contributed by atoms with van der Waals surface area (Å²) in [5.41, 5.74) is 6.93. The Bertz CT molecular complexity index is 1800. The fourth-order valence-corrected chi connectivity index (χ4v) is 6.50. The quantitative estimate of drug-likeness (QED) is 0.173. The zero-order chi connectivity index (χ0) is 29.4. The van der Waals surface area contributed by atoms with Gasteiger partial charge >= 0.3 is 5.97 Å². The second-order valence-electron chi connectivity index (χ2n) is 10.7. The number of rotatable bonds is 9. The molecule has 42 heavy (non-hydrogen) atoms. The van der Waals surface area contributed by atoms with Crippen LogP contribution in [-0.2, 0) is 24.0 Å². The first kappa shape index (κ1) is 27.4. The van der Waals surface area contributed by atoms with Gasteiger partial charge in [-0.15, -0.1) is 0 Å². The van der Waals surface area contributed by atoms with Gasteiger partial charge in [-0.1, -0.05) is 85.5 Å². The van der Waals surface area contributed by atoms with E-state index in [0.717, 1.165) is 68.9 Å². The molecule has 5 heteroatoms. The van der Waals surface area contributed by atoms with E-state index in [1.165, 1.54) is 0 Å². The lowest BCUT2D eigenvalue weighted by Gasteiger charge is -2.34. The molecule has 212 valence electrons. The Balaban J connectivity index is 1.69. The van der Waals surface area contributed by atoms with E-state index in [2.05, 4.69) is 80.3 Å². The number of aryl methyl sites for hydroxylation is 1. The predicted molar refractivity (Wildman–Crippen MR) is 170 cm³/mol. The Labute approximate surface area is 247 Å². The Kier molecular flexibility index (Phi) is 7.11. The van der Waals surface area contributed by atoms with Gasteiger partial charge in [0, 0.05) is 59.0 Å². The molecular formula is C37H36N2O3. The van der Waals surface area contributed by atoms with Crippen molar-refractivity contribution in [3.63, 3.8) is 0 Å². The number of anilines is 1. The molecule has 1 aromatic heterocycles. The van der Waals surface area contributed by atoms with Crippen LogP contribution in [0.2, 0.25) is 0 Å². The maximum atomic E-state index is 13.7. The highest BCUT2D eigenvalue weighted by atomic mass is 16.6. The van der Waals surface area contributed by atoms with Crippen molar-refractivity contribution in [2.24, 2.45) is 7.05 Å².